The van der Waals surface area contributed by atoms with Crippen molar-refractivity contribution in [2.24, 2.45) is 0 Å². The van der Waals surface area contributed by atoms with Gasteiger partial charge in [0.1, 0.15) is 5.75 Å². The number of likely N-dealkylation sites (N-methyl/N-ethyl adjacent to an activating group) is 1. The van der Waals surface area contributed by atoms with Crippen LogP contribution in [0.1, 0.15) is 0 Å². The molecule has 0 bridgehead atoms. The Hall–Kier alpha value is -1.15. The van der Waals surface area contributed by atoms with Crippen molar-refractivity contribution < 1.29 is 13.2 Å². The van der Waals surface area contributed by atoms with E-state index in [1.165, 1.54) is 11.4 Å². The van der Waals surface area contributed by atoms with Crippen LogP contribution in [0.5, 0.6) is 5.75 Å². The van der Waals surface area contributed by atoms with Gasteiger partial charge in [-0.05, 0) is 12.1 Å². The van der Waals surface area contributed by atoms with Gasteiger partial charge in [-0.15, -0.1) is 0 Å². The van der Waals surface area contributed by atoms with E-state index in [4.69, 9.17) is 4.74 Å². The third-order valence-corrected chi connectivity index (χ3v) is 5.54. The van der Waals surface area contributed by atoms with E-state index in [2.05, 4.69) is 10.2 Å². The molecule has 1 aromatic carbocycles. The number of hydrogen-bond acceptors (Lipinski definition) is 5. The molecule has 0 atom stereocenters. The molecular weight excluding hydrogens is 290 g/mol. The molecule has 2 rings (SSSR count). The van der Waals surface area contributed by atoms with Crippen LogP contribution in [0.2, 0.25) is 0 Å². The van der Waals surface area contributed by atoms with Crippen LogP contribution in [0.15, 0.2) is 29.2 Å². The van der Waals surface area contributed by atoms with Gasteiger partial charge < -0.3 is 10.1 Å². The molecule has 1 aliphatic rings. The largest absolute Gasteiger partial charge is 0.497 e. The Balaban J connectivity index is 2.00. The van der Waals surface area contributed by atoms with Crippen molar-refractivity contribution in [1.82, 2.24) is 14.5 Å². The maximum Gasteiger partial charge on any atom is 0.242 e. The zero-order valence-electron chi connectivity index (χ0n) is 12.6. The summed E-state index contributed by atoms with van der Waals surface area (Å²) in [6.45, 7) is 5.10. The van der Waals surface area contributed by atoms with Crippen LogP contribution in [0, 0.1) is 0 Å². The van der Waals surface area contributed by atoms with Crippen molar-refractivity contribution in [3.8, 4) is 5.75 Å². The number of sulfonamides is 1. The zero-order chi connectivity index (χ0) is 15.3. The molecule has 1 N–H and O–H groups in total. The van der Waals surface area contributed by atoms with Crippen molar-refractivity contribution >= 4 is 10.0 Å². The zero-order valence-corrected chi connectivity index (χ0v) is 13.4. The lowest BCUT2D eigenvalue weighted by molar-refractivity contribution is 0.229. The fourth-order valence-corrected chi connectivity index (χ4v) is 3.48. The van der Waals surface area contributed by atoms with Gasteiger partial charge in [0.05, 0.1) is 12.0 Å². The predicted molar refractivity (Wildman–Crippen MR) is 82.1 cm³/mol. The normalized spacial score (nSPS) is 17.1. The molecular formula is C14H23N3O3S. The SMILES string of the molecule is COc1cccc(S(=O)(=O)N(C)CCN2CCNCC2)c1. The second kappa shape index (κ2) is 7.22. The Bertz CT molecular complexity index is 556. The van der Waals surface area contributed by atoms with E-state index in [9.17, 15) is 8.42 Å². The Morgan fingerprint density at radius 3 is 2.71 bits per heavy atom. The van der Waals surface area contributed by atoms with Gasteiger partial charge in [0.15, 0.2) is 0 Å². The van der Waals surface area contributed by atoms with Crippen LogP contribution in [0.3, 0.4) is 0 Å². The minimum atomic E-state index is -3.46. The summed E-state index contributed by atoms with van der Waals surface area (Å²) in [6, 6.07) is 6.57. The number of ether oxygens (including phenoxy) is 1. The van der Waals surface area contributed by atoms with Crippen LogP contribution in [0.4, 0.5) is 0 Å². The lowest BCUT2D eigenvalue weighted by Gasteiger charge is -2.28. The van der Waals surface area contributed by atoms with Gasteiger partial charge in [-0.1, -0.05) is 6.07 Å². The van der Waals surface area contributed by atoms with E-state index in [1.807, 2.05) is 0 Å². The first-order chi connectivity index (χ1) is 10.0. The van der Waals surface area contributed by atoms with Crippen molar-refractivity contribution in [2.45, 2.75) is 4.90 Å². The molecule has 0 spiro atoms. The van der Waals surface area contributed by atoms with E-state index in [0.29, 0.717) is 12.3 Å². The summed E-state index contributed by atoms with van der Waals surface area (Å²) in [7, 11) is -0.312. The number of nitrogens with one attached hydrogen (secondary N) is 1. The lowest BCUT2D eigenvalue weighted by atomic mass is 10.3. The van der Waals surface area contributed by atoms with E-state index in [-0.39, 0.29) is 4.90 Å². The number of hydrogen-bond donors (Lipinski definition) is 1. The molecule has 6 nitrogen and oxygen atoms in total. The van der Waals surface area contributed by atoms with Gasteiger partial charge in [-0.3, -0.25) is 4.90 Å². The third kappa shape index (κ3) is 4.16. The Morgan fingerprint density at radius 2 is 2.05 bits per heavy atom. The van der Waals surface area contributed by atoms with Gasteiger partial charge in [-0.2, -0.15) is 4.31 Å². The molecule has 0 amide bonds. The van der Waals surface area contributed by atoms with Crippen LogP contribution in [-0.4, -0.2) is 71.0 Å². The summed E-state index contributed by atoms with van der Waals surface area (Å²) in [5, 5.41) is 3.28. The highest BCUT2D eigenvalue weighted by Crippen LogP contribution is 2.19. The highest BCUT2D eigenvalue weighted by Gasteiger charge is 2.22. The Kier molecular flexibility index (Phi) is 5.58. The maximum atomic E-state index is 12.5. The smallest absolute Gasteiger partial charge is 0.242 e. The molecule has 7 heteroatoms. The molecule has 1 saturated heterocycles. The Morgan fingerprint density at radius 1 is 1.33 bits per heavy atom. The van der Waals surface area contributed by atoms with Gasteiger partial charge >= 0.3 is 0 Å². The van der Waals surface area contributed by atoms with Crippen LogP contribution in [-0.2, 0) is 10.0 Å². The molecule has 0 saturated carbocycles. The lowest BCUT2D eigenvalue weighted by Crippen LogP contribution is -2.46. The molecule has 0 radical (unpaired) electrons. The van der Waals surface area contributed by atoms with Gasteiger partial charge in [0.25, 0.3) is 0 Å². The number of nitrogens with zero attached hydrogens (tertiary/aromatic N) is 2. The fraction of sp³-hybridized carbons (Fsp3) is 0.571. The second-order valence-electron chi connectivity index (χ2n) is 5.10. The maximum absolute atomic E-state index is 12.5. The van der Waals surface area contributed by atoms with Crippen LogP contribution >= 0.6 is 0 Å². The highest BCUT2D eigenvalue weighted by atomic mass is 32.2. The topological polar surface area (TPSA) is 61.9 Å². The van der Waals surface area contributed by atoms with Crippen molar-refractivity contribution in [3.05, 3.63) is 24.3 Å². The number of rotatable bonds is 6. The monoisotopic (exact) mass is 313 g/mol. The minimum Gasteiger partial charge on any atom is -0.497 e. The molecule has 0 aromatic heterocycles. The molecule has 0 aliphatic carbocycles. The van der Waals surface area contributed by atoms with Gasteiger partial charge in [-0.25, -0.2) is 8.42 Å². The van der Waals surface area contributed by atoms with Gasteiger partial charge in [0.2, 0.25) is 10.0 Å². The quantitative estimate of drug-likeness (QED) is 0.814. The number of methoxy groups -OCH3 is 1. The summed E-state index contributed by atoms with van der Waals surface area (Å²) in [5.41, 5.74) is 0. The molecule has 118 valence electrons. The van der Waals surface area contributed by atoms with Crippen molar-refractivity contribution in [1.29, 1.82) is 0 Å². The molecule has 1 fully saturated rings. The average Bonchev–Trinajstić information content (AvgIpc) is 2.53. The van der Waals surface area contributed by atoms with Crippen LogP contribution in [0.25, 0.3) is 0 Å². The molecule has 21 heavy (non-hydrogen) atoms. The number of benzene rings is 1. The molecule has 1 heterocycles. The van der Waals surface area contributed by atoms with Crippen molar-refractivity contribution in [3.63, 3.8) is 0 Å². The highest BCUT2D eigenvalue weighted by molar-refractivity contribution is 7.89. The first kappa shape index (κ1) is 16.2. The standard InChI is InChI=1S/C14H23N3O3S/c1-16(10-11-17-8-6-15-7-9-17)21(18,19)14-5-3-4-13(12-14)20-2/h3-5,12,15H,6-11H2,1-2H3. The average molecular weight is 313 g/mol. The first-order valence-electron chi connectivity index (χ1n) is 7.07. The van der Waals surface area contributed by atoms with Crippen molar-refractivity contribution in [2.75, 3.05) is 53.4 Å². The predicted octanol–water partition coefficient (Wildman–Crippen LogP) is 0.221. The van der Waals surface area contributed by atoms with E-state index >= 15 is 0 Å². The van der Waals surface area contributed by atoms with E-state index in [0.717, 1.165) is 32.7 Å². The summed E-state index contributed by atoms with van der Waals surface area (Å²) in [5.74, 6) is 0.548. The van der Waals surface area contributed by atoms with Crippen LogP contribution < -0.4 is 10.1 Å². The third-order valence-electron chi connectivity index (χ3n) is 3.69. The molecule has 1 aromatic rings. The fourth-order valence-electron chi connectivity index (χ4n) is 2.28. The Labute approximate surface area is 126 Å². The molecule has 0 unspecified atom stereocenters. The summed E-state index contributed by atoms with van der Waals surface area (Å²) in [4.78, 5) is 2.54. The summed E-state index contributed by atoms with van der Waals surface area (Å²) < 4.78 is 31.5. The first-order valence-corrected chi connectivity index (χ1v) is 8.51. The van der Waals surface area contributed by atoms with Gasteiger partial charge in [0, 0.05) is 52.4 Å². The second-order valence-corrected chi connectivity index (χ2v) is 7.14. The number of piperazine rings is 1. The summed E-state index contributed by atoms with van der Waals surface area (Å²) >= 11 is 0. The minimum absolute atomic E-state index is 0.268. The summed E-state index contributed by atoms with van der Waals surface area (Å²) in [6.07, 6.45) is 0. The molecule has 1 aliphatic heterocycles. The van der Waals surface area contributed by atoms with E-state index in [1.54, 1.807) is 31.3 Å². The van der Waals surface area contributed by atoms with E-state index < -0.39 is 10.0 Å².